The van der Waals surface area contributed by atoms with Crippen LogP contribution >= 0.6 is 23.6 Å². The van der Waals surface area contributed by atoms with Gasteiger partial charge in [0.2, 0.25) is 5.91 Å². The standard InChI is InChI=1S/C25H30N4O2S2/c30-23(17-7-8-17)29-25-22(24(31)28-13-15-4-5-15)19-11-16(6-9-20(19)33-25)14-27-21(32)12-18-3-1-2-10-26-18/h1-3,10,15-17H,4-9,11-14H2,(H,27,32)(H,28,31)(H,29,30). The van der Waals surface area contributed by atoms with Crippen molar-refractivity contribution in [2.45, 2.75) is 51.4 Å². The van der Waals surface area contributed by atoms with Crippen LogP contribution in [0.1, 0.15) is 58.6 Å². The Balaban J connectivity index is 1.25. The van der Waals surface area contributed by atoms with Crippen molar-refractivity contribution in [2.75, 3.05) is 18.4 Å². The second-order valence-corrected chi connectivity index (χ2v) is 11.1. The molecule has 0 spiro atoms. The smallest absolute Gasteiger partial charge is 0.254 e. The number of fused-ring (bicyclic) bond motifs is 1. The van der Waals surface area contributed by atoms with Crippen LogP contribution in [0.15, 0.2) is 24.4 Å². The average Bonchev–Trinajstić information content (AvgIpc) is 3.73. The highest BCUT2D eigenvalue weighted by molar-refractivity contribution is 7.80. The zero-order valence-corrected chi connectivity index (χ0v) is 20.3. The molecule has 2 heterocycles. The Bertz CT molecular complexity index is 1040. The number of anilines is 1. The van der Waals surface area contributed by atoms with E-state index in [-0.39, 0.29) is 17.7 Å². The number of amides is 2. The van der Waals surface area contributed by atoms with Crippen molar-refractivity contribution >= 4 is 45.4 Å². The molecule has 33 heavy (non-hydrogen) atoms. The van der Waals surface area contributed by atoms with Gasteiger partial charge >= 0.3 is 0 Å². The fourth-order valence-electron chi connectivity index (χ4n) is 4.35. The molecule has 2 amide bonds. The van der Waals surface area contributed by atoms with Crippen molar-refractivity contribution < 1.29 is 9.59 Å². The van der Waals surface area contributed by atoms with Gasteiger partial charge in [0.25, 0.3) is 5.91 Å². The van der Waals surface area contributed by atoms with Crippen molar-refractivity contribution in [3.05, 3.63) is 46.1 Å². The van der Waals surface area contributed by atoms with Crippen LogP contribution in [0.2, 0.25) is 0 Å². The summed E-state index contributed by atoms with van der Waals surface area (Å²) in [6, 6.07) is 5.86. The van der Waals surface area contributed by atoms with E-state index in [0.29, 0.717) is 23.8 Å². The van der Waals surface area contributed by atoms with Crippen molar-refractivity contribution in [3.8, 4) is 0 Å². The summed E-state index contributed by atoms with van der Waals surface area (Å²) in [7, 11) is 0. The monoisotopic (exact) mass is 482 g/mol. The fraction of sp³-hybridized carbons (Fsp3) is 0.520. The molecule has 5 rings (SSSR count). The number of pyridine rings is 1. The third-order valence-electron chi connectivity index (χ3n) is 6.68. The van der Waals surface area contributed by atoms with Gasteiger partial charge in [0, 0.05) is 42.2 Å². The topological polar surface area (TPSA) is 83.1 Å². The molecule has 2 fully saturated rings. The van der Waals surface area contributed by atoms with E-state index in [1.54, 1.807) is 17.5 Å². The summed E-state index contributed by atoms with van der Waals surface area (Å²) in [6.45, 7) is 1.51. The lowest BCUT2D eigenvalue weighted by atomic mass is 9.86. The molecule has 2 saturated carbocycles. The number of aryl methyl sites for hydroxylation is 1. The van der Waals surface area contributed by atoms with Gasteiger partial charge in [-0.25, -0.2) is 0 Å². The number of nitrogens with one attached hydrogen (secondary N) is 3. The lowest BCUT2D eigenvalue weighted by Gasteiger charge is -2.24. The van der Waals surface area contributed by atoms with Crippen molar-refractivity contribution in [1.82, 2.24) is 15.6 Å². The zero-order valence-electron chi connectivity index (χ0n) is 18.7. The first-order chi connectivity index (χ1) is 16.1. The molecule has 174 valence electrons. The van der Waals surface area contributed by atoms with Gasteiger partial charge in [-0.2, -0.15) is 0 Å². The maximum atomic E-state index is 13.2. The number of carbonyl (C=O) groups excluding carboxylic acids is 2. The number of thiocarbonyl (C=S) groups is 1. The minimum atomic E-state index is -0.0372. The van der Waals surface area contributed by atoms with Crippen LogP contribution in [-0.2, 0) is 24.1 Å². The molecule has 0 aromatic carbocycles. The molecule has 8 heteroatoms. The molecule has 0 bridgehead atoms. The van der Waals surface area contributed by atoms with E-state index in [9.17, 15) is 9.59 Å². The maximum Gasteiger partial charge on any atom is 0.254 e. The van der Waals surface area contributed by atoms with E-state index in [1.807, 2.05) is 18.2 Å². The average molecular weight is 483 g/mol. The number of hydrogen-bond donors (Lipinski definition) is 3. The fourth-order valence-corrected chi connectivity index (χ4v) is 5.83. The van der Waals surface area contributed by atoms with Crippen LogP contribution in [0.5, 0.6) is 0 Å². The Kier molecular flexibility index (Phi) is 6.74. The Labute approximate surface area is 204 Å². The van der Waals surface area contributed by atoms with E-state index in [2.05, 4.69) is 20.9 Å². The van der Waals surface area contributed by atoms with Crippen molar-refractivity contribution in [3.63, 3.8) is 0 Å². The lowest BCUT2D eigenvalue weighted by Crippen LogP contribution is -2.33. The molecule has 6 nitrogen and oxygen atoms in total. The van der Waals surface area contributed by atoms with E-state index in [4.69, 9.17) is 12.2 Å². The molecule has 0 radical (unpaired) electrons. The van der Waals surface area contributed by atoms with Gasteiger partial charge in [0.15, 0.2) is 0 Å². The molecule has 2 aromatic rings. The van der Waals surface area contributed by atoms with Crippen LogP contribution in [-0.4, -0.2) is 34.9 Å². The van der Waals surface area contributed by atoms with Crippen LogP contribution in [0, 0.1) is 17.8 Å². The second-order valence-electron chi connectivity index (χ2n) is 9.54. The molecular weight excluding hydrogens is 452 g/mol. The van der Waals surface area contributed by atoms with E-state index < -0.39 is 0 Å². The Morgan fingerprint density at radius 1 is 1.06 bits per heavy atom. The zero-order chi connectivity index (χ0) is 22.8. The number of aromatic nitrogens is 1. The van der Waals surface area contributed by atoms with E-state index in [1.165, 1.54) is 17.7 Å². The highest BCUT2D eigenvalue weighted by Crippen LogP contribution is 2.41. The molecule has 2 aromatic heterocycles. The van der Waals surface area contributed by atoms with Gasteiger partial charge in [-0.15, -0.1) is 11.3 Å². The molecule has 3 aliphatic rings. The summed E-state index contributed by atoms with van der Waals surface area (Å²) in [6.07, 6.45) is 9.52. The summed E-state index contributed by atoms with van der Waals surface area (Å²) < 4.78 is 0. The number of thiophene rings is 1. The van der Waals surface area contributed by atoms with Gasteiger partial charge in [0.05, 0.1) is 10.6 Å². The highest BCUT2D eigenvalue weighted by Gasteiger charge is 2.34. The summed E-state index contributed by atoms with van der Waals surface area (Å²) in [4.78, 5) is 32.0. The predicted molar refractivity (Wildman–Crippen MR) is 135 cm³/mol. The van der Waals surface area contributed by atoms with Gasteiger partial charge < -0.3 is 16.0 Å². The summed E-state index contributed by atoms with van der Waals surface area (Å²) >= 11 is 7.13. The number of rotatable bonds is 9. The van der Waals surface area contributed by atoms with Crippen LogP contribution < -0.4 is 16.0 Å². The van der Waals surface area contributed by atoms with E-state index in [0.717, 1.165) is 66.4 Å². The molecule has 3 N–H and O–H groups in total. The van der Waals surface area contributed by atoms with Crippen molar-refractivity contribution in [1.29, 1.82) is 0 Å². The Hall–Kier alpha value is -2.32. The third-order valence-corrected chi connectivity index (χ3v) is 8.17. The summed E-state index contributed by atoms with van der Waals surface area (Å²) in [5, 5.41) is 10.4. The SMILES string of the molecule is O=C(NCC1CC1)c1c(NC(=O)C2CC2)sc2c1CC(CNC(=S)Cc1ccccn1)CC2. The molecule has 1 atom stereocenters. The predicted octanol–water partition coefficient (Wildman–Crippen LogP) is 3.90. The molecule has 0 aliphatic heterocycles. The molecule has 1 unspecified atom stereocenters. The number of carbonyl (C=O) groups is 2. The maximum absolute atomic E-state index is 13.2. The summed E-state index contributed by atoms with van der Waals surface area (Å²) in [5.41, 5.74) is 2.78. The lowest BCUT2D eigenvalue weighted by molar-refractivity contribution is -0.117. The highest BCUT2D eigenvalue weighted by atomic mass is 32.1. The largest absolute Gasteiger partial charge is 0.379 e. The van der Waals surface area contributed by atoms with Crippen LogP contribution in [0.25, 0.3) is 0 Å². The number of hydrogen-bond acceptors (Lipinski definition) is 5. The number of nitrogens with zero attached hydrogens (tertiary/aromatic N) is 1. The third kappa shape index (κ3) is 5.79. The minimum Gasteiger partial charge on any atom is -0.379 e. The van der Waals surface area contributed by atoms with Gasteiger partial charge in [-0.3, -0.25) is 14.6 Å². The van der Waals surface area contributed by atoms with Crippen LogP contribution in [0.4, 0.5) is 5.00 Å². The molecular formula is C25H30N4O2S2. The first kappa shape index (κ1) is 22.5. The Morgan fingerprint density at radius 2 is 1.88 bits per heavy atom. The van der Waals surface area contributed by atoms with Crippen LogP contribution in [0.3, 0.4) is 0 Å². The molecule has 0 saturated heterocycles. The summed E-state index contributed by atoms with van der Waals surface area (Å²) in [5.74, 6) is 1.15. The van der Waals surface area contributed by atoms with Crippen molar-refractivity contribution in [2.24, 2.45) is 17.8 Å². The minimum absolute atomic E-state index is 0.0372. The molecule has 3 aliphatic carbocycles. The normalized spacial score (nSPS) is 19.5. The Morgan fingerprint density at radius 3 is 2.61 bits per heavy atom. The first-order valence-electron chi connectivity index (χ1n) is 12.0. The quantitative estimate of drug-likeness (QED) is 0.472. The second kappa shape index (κ2) is 9.89. The van der Waals surface area contributed by atoms with Gasteiger partial charge in [-0.05, 0) is 74.5 Å². The van der Waals surface area contributed by atoms with Gasteiger partial charge in [0.1, 0.15) is 5.00 Å². The first-order valence-corrected chi connectivity index (χ1v) is 13.2. The van der Waals surface area contributed by atoms with Gasteiger partial charge in [-0.1, -0.05) is 18.3 Å². The van der Waals surface area contributed by atoms with E-state index >= 15 is 0 Å².